The van der Waals surface area contributed by atoms with Crippen LogP contribution in [-0.2, 0) is 4.74 Å². The summed E-state index contributed by atoms with van der Waals surface area (Å²) in [6.07, 6.45) is 2.42. The van der Waals surface area contributed by atoms with Crippen LogP contribution in [0.4, 0.5) is 0 Å². The lowest BCUT2D eigenvalue weighted by Gasteiger charge is -2.07. The van der Waals surface area contributed by atoms with Gasteiger partial charge in [0.2, 0.25) is 0 Å². The normalized spacial score (nSPS) is 18.6. The van der Waals surface area contributed by atoms with Gasteiger partial charge in [0.05, 0.1) is 12.3 Å². The second-order valence-electron chi connectivity index (χ2n) is 5.71. The smallest absolute Gasteiger partial charge is 0.276 e. The zero-order chi connectivity index (χ0) is 15.1. The molecule has 0 bridgehead atoms. The molecule has 1 atom stereocenters. The fourth-order valence-corrected chi connectivity index (χ4v) is 2.60. The van der Waals surface area contributed by atoms with Crippen molar-refractivity contribution in [3.8, 4) is 11.6 Å². The highest BCUT2D eigenvalue weighted by molar-refractivity contribution is 5.51. The van der Waals surface area contributed by atoms with Crippen molar-refractivity contribution in [1.29, 1.82) is 0 Å². The summed E-state index contributed by atoms with van der Waals surface area (Å²) in [5.74, 6) is 2.11. The van der Waals surface area contributed by atoms with Gasteiger partial charge in [-0.3, -0.25) is 0 Å². The van der Waals surface area contributed by atoms with Gasteiger partial charge in [0.1, 0.15) is 12.0 Å². The number of rotatable bonds is 3. The van der Waals surface area contributed by atoms with Gasteiger partial charge in [-0.25, -0.2) is 9.50 Å². The molecule has 1 unspecified atom stereocenters. The quantitative estimate of drug-likeness (QED) is 0.728. The van der Waals surface area contributed by atoms with E-state index in [1.165, 1.54) is 6.33 Å². The molecule has 8 heteroatoms. The van der Waals surface area contributed by atoms with Gasteiger partial charge < -0.3 is 9.26 Å². The molecule has 22 heavy (non-hydrogen) atoms. The summed E-state index contributed by atoms with van der Waals surface area (Å²) >= 11 is 0. The molecule has 0 N–H and O–H groups in total. The molecular formula is C14H16N6O2. The minimum atomic E-state index is 0.207. The first-order valence-electron chi connectivity index (χ1n) is 7.35. The van der Waals surface area contributed by atoms with Gasteiger partial charge in [0.15, 0.2) is 5.82 Å². The Bertz CT molecular complexity index is 803. The van der Waals surface area contributed by atoms with Crippen LogP contribution in [0.25, 0.3) is 17.4 Å². The molecule has 0 radical (unpaired) electrons. The molecule has 4 heterocycles. The fourth-order valence-electron chi connectivity index (χ4n) is 2.60. The van der Waals surface area contributed by atoms with E-state index in [2.05, 4.69) is 39.1 Å². The molecule has 8 nitrogen and oxygen atoms in total. The van der Waals surface area contributed by atoms with E-state index in [0.717, 1.165) is 18.7 Å². The van der Waals surface area contributed by atoms with Crippen LogP contribution in [-0.4, -0.2) is 42.9 Å². The van der Waals surface area contributed by atoms with Crippen molar-refractivity contribution in [2.24, 2.45) is 0 Å². The SMILES string of the molecule is CC(C)c1cc(-c2nc(C3CCOC3)no2)nc2ncnn12. The van der Waals surface area contributed by atoms with E-state index in [1.807, 2.05) is 6.07 Å². The van der Waals surface area contributed by atoms with Crippen LogP contribution in [0.1, 0.15) is 43.6 Å². The number of hydrogen-bond donors (Lipinski definition) is 0. The predicted octanol–water partition coefficient (Wildman–Crippen LogP) is 1.80. The topological polar surface area (TPSA) is 91.2 Å². The molecule has 0 aliphatic carbocycles. The van der Waals surface area contributed by atoms with E-state index in [0.29, 0.717) is 29.8 Å². The summed E-state index contributed by atoms with van der Waals surface area (Å²) in [5, 5.41) is 8.27. The lowest BCUT2D eigenvalue weighted by Crippen LogP contribution is -2.04. The van der Waals surface area contributed by atoms with Gasteiger partial charge in [0.25, 0.3) is 11.7 Å². The third-order valence-corrected chi connectivity index (χ3v) is 3.83. The van der Waals surface area contributed by atoms with Crippen LogP contribution in [0.15, 0.2) is 16.9 Å². The first-order chi connectivity index (χ1) is 10.7. The maximum atomic E-state index is 5.39. The average Bonchev–Trinajstić information content (AvgIpc) is 3.24. The molecule has 0 aromatic carbocycles. The number of hydrogen-bond acceptors (Lipinski definition) is 7. The van der Waals surface area contributed by atoms with E-state index < -0.39 is 0 Å². The van der Waals surface area contributed by atoms with Crippen molar-refractivity contribution >= 4 is 5.78 Å². The number of aromatic nitrogens is 6. The second kappa shape index (κ2) is 5.13. The standard InChI is InChI=1S/C14H16N6O2/c1-8(2)11-5-10(17-14-15-7-16-20(11)14)13-18-12(19-22-13)9-3-4-21-6-9/h5,7-9H,3-4,6H2,1-2H3. The van der Waals surface area contributed by atoms with E-state index in [-0.39, 0.29) is 11.8 Å². The Morgan fingerprint density at radius 3 is 3.00 bits per heavy atom. The van der Waals surface area contributed by atoms with Gasteiger partial charge in [-0.1, -0.05) is 19.0 Å². The van der Waals surface area contributed by atoms with Crippen LogP contribution in [0.3, 0.4) is 0 Å². The van der Waals surface area contributed by atoms with Gasteiger partial charge in [-0.15, -0.1) is 0 Å². The molecule has 0 spiro atoms. The predicted molar refractivity (Wildman–Crippen MR) is 76.3 cm³/mol. The summed E-state index contributed by atoms with van der Waals surface area (Å²) in [5.41, 5.74) is 1.63. The van der Waals surface area contributed by atoms with E-state index in [9.17, 15) is 0 Å². The number of fused-ring (bicyclic) bond motifs is 1. The molecule has 1 aliphatic heterocycles. The van der Waals surface area contributed by atoms with Crippen LogP contribution in [0.2, 0.25) is 0 Å². The van der Waals surface area contributed by atoms with Crippen LogP contribution in [0.5, 0.6) is 0 Å². The number of ether oxygens (including phenoxy) is 1. The van der Waals surface area contributed by atoms with Gasteiger partial charge in [0, 0.05) is 12.5 Å². The summed E-state index contributed by atoms with van der Waals surface area (Å²) in [6, 6.07) is 1.93. The maximum absolute atomic E-state index is 5.39. The Morgan fingerprint density at radius 2 is 2.23 bits per heavy atom. The number of nitrogens with zero attached hydrogens (tertiary/aromatic N) is 6. The minimum absolute atomic E-state index is 0.207. The Hall–Kier alpha value is -2.35. The van der Waals surface area contributed by atoms with Crippen molar-refractivity contribution in [3.05, 3.63) is 23.9 Å². The lowest BCUT2D eigenvalue weighted by molar-refractivity contribution is 0.192. The molecule has 4 rings (SSSR count). The minimum Gasteiger partial charge on any atom is -0.381 e. The molecule has 1 fully saturated rings. The Kier molecular flexibility index (Phi) is 3.11. The van der Waals surface area contributed by atoms with Crippen molar-refractivity contribution in [1.82, 2.24) is 29.7 Å². The molecule has 3 aromatic rings. The van der Waals surface area contributed by atoms with Gasteiger partial charge in [-0.2, -0.15) is 15.1 Å². The molecular weight excluding hydrogens is 284 g/mol. The van der Waals surface area contributed by atoms with E-state index >= 15 is 0 Å². The third-order valence-electron chi connectivity index (χ3n) is 3.83. The maximum Gasteiger partial charge on any atom is 0.276 e. The van der Waals surface area contributed by atoms with Crippen LogP contribution in [0, 0.1) is 0 Å². The van der Waals surface area contributed by atoms with Gasteiger partial charge >= 0.3 is 0 Å². The Labute approximate surface area is 126 Å². The molecule has 114 valence electrons. The van der Waals surface area contributed by atoms with Crippen molar-refractivity contribution in [2.45, 2.75) is 32.1 Å². The summed E-state index contributed by atoms with van der Waals surface area (Å²) < 4.78 is 12.5. The van der Waals surface area contributed by atoms with Crippen LogP contribution < -0.4 is 0 Å². The highest BCUT2D eigenvalue weighted by Gasteiger charge is 2.24. The van der Waals surface area contributed by atoms with Crippen molar-refractivity contribution < 1.29 is 9.26 Å². The third kappa shape index (κ3) is 2.16. The first kappa shape index (κ1) is 13.3. The van der Waals surface area contributed by atoms with Crippen LogP contribution >= 0.6 is 0 Å². The monoisotopic (exact) mass is 300 g/mol. The zero-order valence-corrected chi connectivity index (χ0v) is 12.4. The lowest BCUT2D eigenvalue weighted by atomic mass is 10.1. The van der Waals surface area contributed by atoms with E-state index in [1.54, 1.807) is 4.52 Å². The van der Waals surface area contributed by atoms with Crippen molar-refractivity contribution in [3.63, 3.8) is 0 Å². The fraction of sp³-hybridized carbons (Fsp3) is 0.500. The molecule has 3 aromatic heterocycles. The highest BCUT2D eigenvalue weighted by atomic mass is 16.5. The summed E-state index contributed by atoms with van der Waals surface area (Å²) in [7, 11) is 0. The van der Waals surface area contributed by atoms with E-state index in [4.69, 9.17) is 9.26 Å². The Morgan fingerprint density at radius 1 is 1.32 bits per heavy atom. The first-order valence-corrected chi connectivity index (χ1v) is 7.35. The van der Waals surface area contributed by atoms with Crippen molar-refractivity contribution in [2.75, 3.05) is 13.2 Å². The average molecular weight is 300 g/mol. The van der Waals surface area contributed by atoms with Gasteiger partial charge in [-0.05, 0) is 18.4 Å². The summed E-state index contributed by atoms with van der Waals surface area (Å²) in [6.45, 7) is 5.58. The summed E-state index contributed by atoms with van der Waals surface area (Å²) in [4.78, 5) is 13.1. The molecule has 1 saturated heterocycles. The second-order valence-corrected chi connectivity index (χ2v) is 5.71. The zero-order valence-electron chi connectivity index (χ0n) is 12.4. The molecule has 0 saturated carbocycles. The molecule has 0 amide bonds. The highest BCUT2D eigenvalue weighted by Crippen LogP contribution is 2.26. The Balaban J connectivity index is 1.77. The largest absolute Gasteiger partial charge is 0.381 e. The molecule has 1 aliphatic rings.